The van der Waals surface area contributed by atoms with Gasteiger partial charge in [0.2, 0.25) is 0 Å². The van der Waals surface area contributed by atoms with Gasteiger partial charge in [-0.2, -0.15) is 0 Å². The molecule has 2 heterocycles. The number of ether oxygens (including phenoxy) is 3. The van der Waals surface area contributed by atoms with E-state index in [1.807, 2.05) is 30.3 Å². The number of aliphatic hydroxyl groups excluding tert-OH is 2. The van der Waals surface area contributed by atoms with Gasteiger partial charge in [-0.15, -0.1) is 0 Å². The van der Waals surface area contributed by atoms with Gasteiger partial charge < -0.3 is 24.4 Å². The summed E-state index contributed by atoms with van der Waals surface area (Å²) in [7, 11) is 0. The number of hydrogen-bond acceptors (Lipinski definition) is 6. The predicted octanol–water partition coefficient (Wildman–Crippen LogP) is -0.252. The first-order valence-electron chi connectivity index (χ1n) is 6.06. The molecule has 6 nitrogen and oxygen atoms in total. The Labute approximate surface area is 109 Å². The molecule has 2 aliphatic rings. The van der Waals surface area contributed by atoms with Gasteiger partial charge >= 0.3 is 5.97 Å². The highest BCUT2D eigenvalue weighted by Crippen LogP contribution is 2.36. The molecule has 0 spiro atoms. The molecule has 0 aliphatic carbocycles. The van der Waals surface area contributed by atoms with Crippen molar-refractivity contribution in [3.63, 3.8) is 0 Å². The Balaban J connectivity index is 1.85. The fourth-order valence-electron chi connectivity index (χ4n) is 2.35. The van der Waals surface area contributed by atoms with E-state index in [4.69, 9.17) is 14.2 Å². The summed E-state index contributed by atoms with van der Waals surface area (Å²) in [6, 6.07) is 9.13. The molecular weight excluding hydrogens is 252 g/mol. The van der Waals surface area contributed by atoms with Gasteiger partial charge in [0.1, 0.15) is 12.2 Å². The van der Waals surface area contributed by atoms with Crippen molar-refractivity contribution in [1.29, 1.82) is 0 Å². The molecule has 1 aromatic carbocycles. The highest BCUT2D eigenvalue weighted by molar-refractivity contribution is 5.78. The zero-order valence-electron chi connectivity index (χ0n) is 10.0. The second kappa shape index (κ2) is 4.90. The maximum Gasteiger partial charge on any atom is 0.338 e. The molecule has 2 aliphatic heterocycles. The molecule has 19 heavy (non-hydrogen) atoms. The molecule has 5 atom stereocenters. The molecule has 2 saturated heterocycles. The number of hydrogen-bond donors (Lipinski definition) is 2. The number of fused-ring (bicyclic) bond motifs is 1. The number of aliphatic hydroxyl groups is 2. The third kappa shape index (κ3) is 2.12. The third-order valence-corrected chi connectivity index (χ3v) is 3.33. The quantitative estimate of drug-likeness (QED) is 0.718. The Bertz CT molecular complexity index is 461. The van der Waals surface area contributed by atoms with Crippen LogP contribution in [0.3, 0.4) is 0 Å². The summed E-state index contributed by atoms with van der Waals surface area (Å²) in [4.78, 5) is 11.4. The van der Waals surface area contributed by atoms with Gasteiger partial charge in [0.25, 0.3) is 0 Å². The zero-order valence-corrected chi connectivity index (χ0v) is 10.0. The maximum absolute atomic E-state index is 11.4. The Hall–Kier alpha value is -1.47. The lowest BCUT2D eigenvalue weighted by Gasteiger charge is -2.37. The lowest BCUT2D eigenvalue weighted by atomic mass is 10.0. The highest BCUT2D eigenvalue weighted by Gasteiger charge is 2.53. The van der Waals surface area contributed by atoms with Crippen LogP contribution in [0.1, 0.15) is 11.9 Å². The van der Waals surface area contributed by atoms with Crippen molar-refractivity contribution in [1.82, 2.24) is 0 Å². The molecule has 0 bridgehead atoms. The lowest BCUT2D eigenvalue weighted by Crippen LogP contribution is -2.49. The van der Waals surface area contributed by atoms with Gasteiger partial charge in [0.15, 0.2) is 18.5 Å². The number of esters is 1. The Kier molecular flexibility index (Phi) is 3.24. The van der Waals surface area contributed by atoms with Gasteiger partial charge in [-0.05, 0) is 0 Å². The van der Waals surface area contributed by atoms with Crippen LogP contribution in [-0.4, -0.2) is 47.2 Å². The normalized spacial score (nSPS) is 37.8. The van der Waals surface area contributed by atoms with Crippen molar-refractivity contribution in [2.24, 2.45) is 0 Å². The monoisotopic (exact) mass is 266 g/mol. The van der Waals surface area contributed by atoms with Crippen LogP contribution in [0.25, 0.3) is 0 Å². The molecule has 102 valence electrons. The molecular formula is C13H14O6. The van der Waals surface area contributed by atoms with E-state index in [9.17, 15) is 15.0 Å². The molecule has 6 heteroatoms. The van der Waals surface area contributed by atoms with Gasteiger partial charge in [-0.25, -0.2) is 4.79 Å². The van der Waals surface area contributed by atoms with Crippen LogP contribution in [0.15, 0.2) is 30.3 Å². The van der Waals surface area contributed by atoms with Crippen LogP contribution in [0.5, 0.6) is 0 Å². The summed E-state index contributed by atoms with van der Waals surface area (Å²) in [5.41, 5.74) is 0.756. The van der Waals surface area contributed by atoms with Gasteiger partial charge in [0.05, 0.1) is 6.61 Å². The minimum atomic E-state index is -1.34. The molecule has 1 unspecified atom stereocenters. The van der Waals surface area contributed by atoms with Gasteiger partial charge in [-0.3, -0.25) is 0 Å². The molecule has 1 aromatic rings. The van der Waals surface area contributed by atoms with Gasteiger partial charge in [0, 0.05) is 5.56 Å². The fourth-order valence-corrected chi connectivity index (χ4v) is 2.35. The van der Waals surface area contributed by atoms with Crippen LogP contribution in [0.4, 0.5) is 0 Å². The van der Waals surface area contributed by atoms with Crippen molar-refractivity contribution < 1.29 is 29.2 Å². The van der Waals surface area contributed by atoms with Gasteiger partial charge in [-0.1, -0.05) is 30.3 Å². The first kappa shape index (κ1) is 12.6. The van der Waals surface area contributed by atoms with E-state index in [0.29, 0.717) is 0 Å². The minimum Gasteiger partial charge on any atom is -0.455 e. The second-order valence-corrected chi connectivity index (χ2v) is 4.55. The van der Waals surface area contributed by atoms with Crippen molar-refractivity contribution in [3.05, 3.63) is 35.9 Å². The van der Waals surface area contributed by atoms with Crippen LogP contribution < -0.4 is 0 Å². The molecule has 0 radical (unpaired) electrons. The van der Waals surface area contributed by atoms with E-state index >= 15 is 0 Å². The minimum absolute atomic E-state index is 0.312. The molecule has 3 rings (SSSR count). The summed E-state index contributed by atoms with van der Waals surface area (Å²) in [6.45, 7) is -0.312. The molecule has 0 saturated carbocycles. The highest BCUT2D eigenvalue weighted by atomic mass is 16.7. The van der Waals surface area contributed by atoms with Crippen molar-refractivity contribution >= 4 is 5.97 Å². The lowest BCUT2D eigenvalue weighted by molar-refractivity contribution is -0.288. The number of benzene rings is 1. The standard InChI is InChI=1S/C13H14O6/c14-6-8-10-11(9(15)12(16)18-10)19-13(17-8)7-4-2-1-3-5-7/h1-5,8-11,13-15H,6H2/t8-,9-,10+,11+,13?/m0/s1. The summed E-state index contributed by atoms with van der Waals surface area (Å²) >= 11 is 0. The molecule has 0 aromatic heterocycles. The first-order chi connectivity index (χ1) is 9.20. The van der Waals surface area contributed by atoms with E-state index in [-0.39, 0.29) is 6.61 Å². The fraction of sp³-hybridized carbons (Fsp3) is 0.462. The van der Waals surface area contributed by atoms with Crippen molar-refractivity contribution in [2.75, 3.05) is 6.61 Å². The average molecular weight is 266 g/mol. The maximum atomic E-state index is 11.4. The van der Waals surface area contributed by atoms with Crippen LogP contribution in [0.2, 0.25) is 0 Å². The topological polar surface area (TPSA) is 85.2 Å². The summed E-state index contributed by atoms with van der Waals surface area (Å²) in [6.07, 6.45) is -4.36. The number of carbonyl (C=O) groups excluding carboxylic acids is 1. The van der Waals surface area contributed by atoms with Crippen LogP contribution >= 0.6 is 0 Å². The first-order valence-corrected chi connectivity index (χ1v) is 6.06. The molecule has 0 amide bonds. The van der Waals surface area contributed by atoms with Crippen LogP contribution in [-0.2, 0) is 19.0 Å². The number of carbonyl (C=O) groups is 1. The molecule has 2 N–H and O–H groups in total. The summed E-state index contributed by atoms with van der Waals surface area (Å²) in [5, 5.41) is 19.1. The SMILES string of the molecule is O=C1O[C@H]2[C@H](OC(c3ccccc3)O[C@H]2CO)[C@@H]1O. The van der Waals surface area contributed by atoms with E-state index in [2.05, 4.69) is 0 Å². The zero-order chi connectivity index (χ0) is 13.4. The van der Waals surface area contributed by atoms with Crippen LogP contribution in [0, 0.1) is 0 Å². The third-order valence-electron chi connectivity index (χ3n) is 3.33. The second-order valence-electron chi connectivity index (χ2n) is 4.55. The molecule has 2 fully saturated rings. The summed E-state index contributed by atoms with van der Waals surface area (Å²) < 4.78 is 16.1. The van der Waals surface area contributed by atoms with E-state index < -0.39 is 36.7 Å². The predicted molar refractivity (Wildman–Crippen MR) is 61.9 cm³/mol. The average Bonchev–Trinajstić information content (AvgIpc) is 2.75. The Morgan fingerprint density at radius 3 is 2.53 bits per heavy atom. The van der Waals surface area contributed by atoms with Crippen molar-refractivity contribution in [2.45, 2.75) is 30.7 Å². The van der Waals surface area contributed by atoms with E-state index in [1.54, 1.807) is 0 Å². The summed E-state index contributed by atoms with van der Waals surface area (Å²) in [5.74, 6) is -0.745. The largest absolute Gasteiger partial charge is 0.455 e. The smallest absolute Gasteiger partial charge is 0.338 e. The Morgan fingerprint density at radius 1 is 1.11 bits per heavy atom. The van der Waals surface area contributed by atoms with E-state index in [0.717, 1.165) is 5.56 Å². The van der Waals surface area contributed by atoms with Crippen molar-refractivity contribution in [3.8, 4) is 0 Å². The van der Waals surface area contributed by atoms with E-state index in [1.165, 1.54) is 0 Å². The number of rotatable bonds is 2. The Morgan fingerprint density at radius 2 is 1.84 bits per heavy atom.